The highest BCUT2D eigenvalue weighted by molar-refractivity contribution is 5.64. The smallest absolute Gasteiger partial charge is 0.207 e. The molecular formula is C10H10FNO2. The highest BCUT2D eigenvalue weighted by atomic mass is 19.1. The molecule has 14 heavy (non-hydrogen) atoms. The number of aldehydes is 1. The van der Waals surface area contributed by atoms with E-state index in [1.165, 1.54) is 12.1 Å². The van der Waals surface area contributed by atoms with E-state index >= 15 is 0 Å². The van der Waals surface area contributed by atoms with Crippen LogP contribution in [0.1, 0.15) is 5.56 Å². The maximum Gasteiger partial charge on any atom is 0.207 e. The van der Waals surface area contributed by atoms with Crippen LogP contribution in [0.25, 0.3) is 0 Å². The van der Waals surface area contributed by atoms with Crippen molar-refractivity contribution in [2.24, 2.45) is 0 Å². The van der Waals surface area contributed by atoms with Crippen molar-refractivity contribution < 1.29 is 14.0 Å². The molecule has 0 saturated heterocycles. The topological polar surface area (TPSA) is 46.2 Å². The summed E-state index contributed by atoms with van der Waals surface area (Å²) in [5.74, 6) is -0.320. The Morgan fingerprint density at radius 3 is 2.43 bits per heavy atom. The van der Waals surface area contributed by atoms with E-state index in [0.29, 0.717) is 19.1 Å². The van der Waals surface area contributed by atoms with Crippen molar-refractivity contribution >= 4 is 12.7 Å². The number of benzene rings is 1. The summed E-state index contributed by atoms with van der Waals surface area (Å²) < 4.78 is 12.5. The Labute approximate surface area is 80.9 Å². The van der Waals surface area contributed by atoms with Gasteiger partial charge in [-0.3, -0.25) is 4.79 Å². The Bertz CT molecular complexity index is 310. The van der Waals surface area contributed by atoms with Gasteiger partial charge in [-0.25, -0.2) is 4.39 Å². The zero-order valence-electron chi connectivity index (χ0n) is 7.44. The molecule has 1 rings (SSSR count). The molecule has 1 amide bonds. The van der Waals surface area contributed by atoms with Gasteiger partial charge in [0.05, 0.1) is 6.04 Å². The van der Waals surface area contributed by atoms with Gasteiger partial charge in [0.2, 0.25) is 6.41 Å². The monoisotopic (exact) mass is 195 g/mol. The Kier molecular flexibility index (Phi) is 3.79. The van der Waals surface area contributed by atoms with Gasteiger partial charge in [0.15, 0.2) is 0 Å². The summed E-state index contributed by atoms with van der Waals surface area (Å²) in [6, 6.07) is 5.25. The second kappa shape index (κ2) is 5.11. The zero-order valence-corrected chi connectivity index (χ0v) is 7.44. The fourth-order valence-electron chi connectivity index (χ4n) is 1.11. The van der Waals surface area contributed by atoms with Crippen molar-refractivity contribution in [1.29, 1.82) is 0 Å². The summed E-state index contributed by atoms with van der Waals surface area (Å²) in [5.41, 5.74) is 0.804. The first kappa shape index (κ1) is 10.4. The van der Waals surface area contributed by atoms with Crippen LogP contribution in [-0.2, 0) is 16.0 Å². The van der Waals surface area contributed by atoms with Crippen LogP contribution in [0.2, 0.25) is 0 Å². The van der Waals surface area contributed by atoms with Crippen molar-refractivity contribution in [1.82, 2.24) is 5.32 Å². The minimum atomic E-state index is -0.544. The molecule has 0 aliphatic heterocycles. The van der Waals surface area contributed by atoms with E-state index in [1.807, 2.05) is 0 Å². The minimum absolute atomic E-state index is 0.320. The van der Waals surface area contributed by atoms with Crippen molar-refractivity contribution in [3.8, 4) is 0 Å². The molecule has 1 unspecified atom stereocenters. The first-order valence-corrected chi connectivity index (χ1v) is 4.15. The number of nitrogens with one attached hydrogen (secondary N) is 1. The van der Waals surface area contributed by atoms with Crippen molar-refractivity contribution in [3.63, 3.8) is 0 Å². The fourth-order valence-corrected chi connectivity index (χ4v) is 1.11. The van der Waals surface area contributed by atoms with Gasteiger partial charge in [-0.05, 0) is 24.1 Å². The van der Waals surface area contributed by atoms with Crippen LogP contribution >= 0.6 is 0 Å². The number of carbonyl (C=O) groups is 2. The van der Waals surface area contributed by atoms with Crippen LogP contribution in [0.3, 0.4) is 0 Å². The Morgan fingerprint density at radius 1 is 1.29 bits per heavy atom. The van der Waals surface area contributed by atoms with Gasteiger partial charge in [-0.2, -0.15) is 0 Å². The van der Waals surface area contributed by atoms with Crippen LogP contribution in [0.15, 0.2) is 24.3 Å². The van der Waals surface area contributed by atoms with Gasteiger partial charge in [0.1, 0.15) is 12.1 Å². The van der Waals surface area contributed by atoms with E-state index in [4.69, 9.17) is 0 Å². The number of hydrogen-bond donors (Lipinski definition) is 1. The average molecular weight is 195 g/mol. The number of carbonyl (C=O) groups excluding carboxylic acids is 2. The SMILES string of the molecule is O=CNC(C=O)Cc1ccc(F)cc1. The third-order valence-electron chi connectivity index (χ3n) is 1.82. The maximum absolute atomic E-state index is 12.5. The molecule has 0 saturated carbocycles. The standard InChI is InChI=1S/C10H10FNO2/c11-9-3-1-8(2-4-9)5-10(6-13)12-7-14/h1-4,6-7,10H,5H2,(H,12,14). The van der Waals surface area contributed by atoms with Crippen molar-refractivity contribution in [2.75, 3.05) is 0 Å². The number of hydrogen-bond acceptors (Lipinski definition) is 2. The summed E-state index contributed by atoms with van der Waals surface area (Å²) in [6.07, 6.45) is 1.50. The van der Waals surface area contributed by atoms with Crippen LogP contribution in [0.4, 0.5) is 4.39 Å². The van der Waals surface area contributed by atoms with E-state index in [9.17, 15) is 14.0 Å². The Morgan fingerprint density at radius 2 is 1.93 bits per heavy atom. The third-order valence-corrected chi connectivity index (χ3v) is 1.82. The van der Waals surface area contributed by atoms with Crippen LogP contribution in [0, 0.1) is 5.82 Å². The largest absolute Gasteiger partial charge is 0.349 e. The highest BCUT2D eigenvalue weighted by Gasteiger charge is 2.06. The highest BCUT2D eigenvalue weighted by Crippen LogP contribution is 2.04. The average Bonchev–Trinajstić information content (AvgIpc) is 2.20. The van der Waals surface area contributed by atoms with Crippen molar-refractivity contribution in [3.05, 3.63) is 35.6 Å². The second-order valence-corrected chi connectivity index (χ2v) is 2.86. The molecule has 0 spiro atoms. The molecule has 1 aromatic rings. The minimum Gasteiger partial charge on any atom is -0.349 e. The van der Waals surface area contributed by atoms with Gasteiger partial charge in [-0.15, -0.1) is 0 Å². The molecule has 0 bridgehead atoms. The van der Waals surface area contributed by atoms with Crippen LogP contribution in [-0.4, -0.2) is 18.7 Å². The van der Waals surface area contributed by atoms with E-state index in [1.54, 1.807) is 12.1 Å². The third kappa shape index (κ3) is 2.97. The van der Waals surface area contributed by atoms with Gasteiger partial charge < -0.3 is 10.1 Å². The predicted molar refractivity (Wildman–Crippen MR) is 49.2 cm³/mol. The molecule has 74 valence electrons. The molecule has 0 aliphatic carbocycles. The molecule has 1 aromatic carbocycles. The summed E-state index contributed by atoms with van der Waals surface area (Å²) >= 11 is 0. The molecule has 0 radical (unpaired) electrons. The van der Waals surface area contributed by atoms with Crippen LogP contribution < -0.4 is 5.32 Å². The van der Waals surface area contributed by atoms with E-state index in [0.717, 1.165) is 5.56 Å². The molecule has 0 aromatic heterocycles. The first-order valence-electron chi connectivity index (χ1n) is 4.15. The lowest BCUT2D eigenvalue weighted by atomic mass is 10.1. The predicted octanol–water partition coefficient (Wildman–Crippen LogP) is 0.682. The molecule has 4 heteroatoms. The lowest BCUT2D eigenvalue weighted by Gasteiger charge is -2.08. The molecule has 0 fully saturated rings. The fraction of sp³-hybridized carbons (Fsp3) is 0.200. The molecule has 1 atom stereocenters. The molecule has 3 nitrogen and oxygen atoms in total. The molecule has 1 N–H and O–H groups in total. The number of amides is 1. The lowest BCUT2D eigenvalue weighted by Crippen LogP contribution is -2.31. The second-order valence-electron chi connectivity index (χ2n) is 2.86. The molecular weight excluding hydrogens is 185 g/mol. The zero-order chi connectivity index (χ0) is 10.4. The quantitative estimate of drug-likeness (QED) is 0.702. The van der Waals surface area contributed by atoms with Gasteiger partial charge >= 0.3 is 0 Å². The van der Waals surface area contributed by atoms with E-state index in [2.05, 4.69) is 5.32 Å². The van der Waals surface area contributed by atoms with E-state index < -0.39 is 6.04 Å². The summed E-state index contributed by atoms with van der Waals surface area (Å²) in [7, 11) is 0. The Hall–Kier alpha value is -1.71. The summed E-state index contributed by atoms with van der Waals surface area (Å²) in [5, 5.41) is 2.35. The Balaban J connectivity index is 2.62. The normalized spacial score (nSPS) is 11.8. The summed E-state index contributed by atoms with van der Waals surface area (Å²) in [6.45, 7) is 0. The molecule has 0 aliphatic rings. The molecule has 0 heterocycles. The van der Waals surface area contributed by atoms with E-state index in [-0.39, 0.29) is 5.82 Å². The summed E-state index contributed by atoms with van der Waals surface area (Å²) in [4.78, 5) is 20.6. The number of halogens is 1. The van der Waals surface area contributed by atoms with Crippen LogP contribution in [0.5, 0.6) is 0 Å². The number of rotatable bonds is 5. The first-order chi connectivity index (χ1) is 6.76. The lowest BCUT2D eigenvalue weighted by molar-refractivity contribution is -0.115. The van der Waals surface area contributed by atoms with Gasteiger partial charge in [-0.1, -0.05) is 12.1 Å². The van der Waals surface area contributed by atoms with Gasteiger partial charge in [0.25, 0.3) is 0 Å². The van der Waals surface area contributed by atoms with Crippen molar-refractivity contribution in [2.45, 2.75) is 12.5 Å². The van der Waals surface area contributed by atoms with Gasteiger partial charge in [0, 0.05) is 0 Å². The maximum atomic E-state index is 12.5.